The van der Waals surface area contributed by atoms with Gasteiger partial charge in [-0.05, 0) is 6.07 Å². The fourth-order valence-corrected chi connectivity index (χ4v) is 4.46. The molecule has 0 aromatic carbocycles. The highest BCUT2D eigenvalue weighted by Gasteiger charge is 2.58. The van der Waals surface area contributed by atoms with Gasteiger partial charge in [0, 0.05) is 12.4 Å². The summed E-state index contributed by atoms with van der Waals surface area (Å²) >= 11 is 4.67. The van der Waals surface area contributed by atoms with E-state index in [0.29, 0.717) is 0 Å². The Labute approximate surface area is 102 Å². The zero-order valence-electron chi connectivity index (χ0n) is 8.15. The molecular formula is C6H9N2O6P2S+. The van der Waals surface area contributed by atoms with E-state index in [-0.39, 0.29) is 5.82 Å². The van der Waals surface area contributed by atoms with Crippen LogP contribution in [-0.2, 0) is 4.57 Å². The van der Waals surface area contributed by atoms with Gasteiger partial charge in [-0.15, -0.1) is 0 Å². The zero-order chi connectivity index (χ0) is 13.3. The van der Waals surface area contributed by atoms with E-state index >= 15 is 0 Å². The number of rotatable bonds is 4. The summed E-state index contributed by atoms with van der Waals surface area (Å²) in [6.45, 7) is 0. The van der Waals surface area contributed by atoms with Crippen LogP contribution in [0.5, 0.6) is 0 Å². The lowest BCUT2D eigenvalue weighted by Crippen LogP contribution is -2.25. The van der Waals surface area contributed by atoms with Gasteiger partial charge in [-0.25, -0.2) is 9.97 Å². The normalized spacial score (nSPS) is 14.4. The molecule has 1 heterocycles. The second kappa shape index (κ2) is 5.09. The van der Waals surface area contributed by atoms with Crippen LogP contribution in [-0.4, -0.2) is 44.7 Å². The summed E-state index contributed by atoms with van der Waals surface area (Å²) in [6.07, 6.45) is 2.52. The van der Waals surface area contributed by atoms with Crippen molar-refractivity contribution in [2.75, 3.05) is 0 Å². The van der Waals surface area contributed by atoms with Crippen LogP contribution < -0.4 is 0 Å². The van der Waals surface area contributed by atoms with Gasteiger partial charge in [-0.1, -0.05) is 12.2 Å². The van der Waals surface area contributed by atoms with Crippen LogP contribution >= 0.6 is 27.8 Å². The van der Waals surface area contributed by atoms with Crippen molar-refractivity contribution in [2.45, 2.75) is 5.40 Å². The van der Waals surface area contributed by atoms with Crippen molar-refractivity contribution in [1.29, 1.82) is 0 Å². The van der Waals surface area contributed by atoms with Crippen LogP contribution in [0.25, 0.3) is 0 Å². The first-order valence-electron chi connectivity index (χ1n) is 4.07. The van der Waals surface area contributed by atoms with Crippen molar-refractivity contribution in [3.63, 3.8) is 0 Å². The van der Waals surface area contributed by atoms with Gasteiger partial charge in [-0.3, -0.25) is 4.57 Å². The van der Waals surface area contributed by atoms with Gasteiger partial charge in [0.15, 0.2) is 5.82 Å². The Bertz CT molecular complexity index is 457. The maximum absolute atomic E-state index is 11.1. The maximum atomic E-state index is 11.1. The molecule has 0 saturated carbocycles. The van der Waals surface area contributed by atoms with E-state index in [4.69, 9.17) is 24.5 Å². The van der Waals surface area contributed by atoms with Crippen LogP contribution in [0.4, 0.5) is 0 Å². The van der Waals surface area contributed by atoms with E-state index in [1.165, 1.54) is 18.5 Å². The van der Waals surface area contributed by atoms with Gasteiger partial charge in [0.1, 0.15) is 4.86 Å². The lowest BCUT2D eigenvalue weighted by Gasteiger charge is -2.17. The first-order chi connectivity index (χ1) is 7.64. The molecular weight excluding hydrogens is 290 g/mol. The zero-order valence-corrected chi connectivity index (χ0v) is 10.8. The van der Waals surface area contributed by atoms with Crippen molar-refractivity contribution >= 4 is 32.6 Å². The Morgan fingerprint density at radius 1 is 1.29 bits per heavy atom. The fraction of sp³-hybridized carbons (Fsp3) is 0.167. The van der Waals surface area contributed by atoms with Gasteiger partial charge in [0.05, 0.1) is 0 Å². The van der Waals surface area contributed by atoms with Crippen molar-refractivity contribution in [2.24, 2.45) is 0 Å². The first-order valence-corrected chi connectivity index (χ1v) is 7.88. The average Bonchev–Trinajstić information content (AvgIpc) is 2.14. The van der Waals surface area contributed by atoms with Gasteiger partial charge in [0.2, 0.25) is 0 Å². The van der Waals surface area contributed by atoms with Crippen LogP contribution in [0.15, 0.2) is 18.5 Å². The molecule has 5 N–H and O–H groups in total. The van der Waals surface area contributed by atoms with E-state index in [2.05, 4.69) is 22.2 Å². The molecule has 0 fully saturated rings. The van der Waals surface area contributed by atoms with E-state index in [0.717, 1.165) is 0 Å². The van der Waals surface area contributed by atoms with Crippen molar-refractivity contribution in [3.8, 4) is 0 Å². The van der Waals surface area contributed by atoms with Gasteiger partial charge >= 0.3 is 15.5 Å². The molecule has 17 heavy (non-hydrogen) atoms. The second-order valence-corrected chi connectivity index (χ2v) is 7.30. The largest absolute Gasteiger partial charge is 0.425 e. The van der Waals surface area contributed by atoms with Gasteiger partial charge < -0.3 is 9.79 Å². The summed E-state index contributed by atoms with van der Waals surface area (Å²) in [5.74, 6) is -0.252. The summed E-state index contributed by atoms with van der Waals surface area (Å²) in [6, 6.07) is 1.44. The van der Waals surface area contributed by atoms with E-state index < -0.39 is 25.8 Å². The lowest BCUT2D eigenvalue weighted by molar-refractivity contribution is 0.319. The highest BCUT2D eigenvalue weighted by molar-refractivity contribution is 7.86. The molecule has 8 nitrogen and oxygen atoms in total. The monoisotopic (exact) mass is 299 g/mol. The third-order valence-electron chi connectivity index (χ3n) is 1.67. The Hall–Kier alpha value is -0.370. The number of hydrogen-bond acceptors (Lipinski definition) is 7. The molecule has 0 bridgehead atoms. The highest BCUT2D eigenvalue weighted by atomic mass is 32.1. The molecule has 1 aromatic rings. The Kier molecular flexibility index (Phi) is 4.40. The van der Waals surface area contributed by atoms with Crippen LogP contribution in [0.2, 0.25) is 0 Å². The molecule has 1 atom stereocenters. The molecule has 1 rings (SSSR count). The van der Waals surface area contributed by atoms with E-state index in [9.17, 15) is 4.57 Å². The maximum Gasteiger partial charge on any atom is 0.425 e. The summed E-state index contributed by atoms with van der Waals surface area (Å²) in [5, 5.41) is -2.28. The predicted molar refractivity (Wildman–Crippen MR) is 63.1 cm³/mol. The van der Waals surface area contributed by atoms with Crippen LogP contribution in [0, 0.1) is 0 Å². The average molecular weight is 299 g/mol. The minimum Gasteiger partial charge on any atom is -0.321 e. The Balaban J connectivity index is 3.19. The topological polar surface area (TPSA) is 144 Å². The Morgan fingerprint density at radius 2 is 1.76 bits per heavy atom. The third-order valence-corrected chi connectivity index (χ3v) is 6.08. The van der Waals surface area contributed by atoms with Crippen molar-refractivity contribution in [1.82, 2.24) is 9.97 Å². The molecule has 11 heteroatoms. The Morgan fingerprint density at radius 3 is 2.12 bits per heavy atom. The minimum atomic E-state index is -5.04. The molecule has 0 aliphatic rings. The number of nitrogens with zero attached hydrogens (tertiary/aromatic N) is 2. The molecule has 0 radical (unpaired) electrons. The molecule has 0 saturated heterocycles. The van der Waals surface area contributed by atoms with E-state index in [1.54, 1.807) is 0 Å². The summed E-state index contributed by atoms with van der Waals surface area (Å²) < 4.78 is 11.1. The van der Waals surface area contributed by atoms with Gasteiger partial charge in [0.25, 0.3) is 5.40 Å². The predicted octanol–water partition coefficient (Wildman–Crippen LogP) is -0.562. The third kappa shape index (κ3) is 3.80. The van der Waals surface area contributed by atoms with E-state index in [1.807, 2.05) is 0 Å². The van der Waals surface area contributed by atoms with Crippen molar-refractivity contribution < 1.29 is 29.0 Å². The van der Waals surface area contributed by atoms with Crippen LogP contribution in [0.1, 0.15) is 5.82 Å². The van der Waals surface area contributed by atoms with Gasteiger partial charge in [-0.2, -0.15) is 14.7 Å². The fourth-order valence-electron chi connectivity index (χ4n) is 1.05. The lowest BCUT2D eigenvalue weighted by atomic mass is 10.4. The quantitative estimate of drug-likeness (QED) is 0.280. The number of thiocarbonyl (C=S) groups is 1. The molecule has 0 aliphatic heterocycles. The number of aromatic nitrogens is 2. The van der Waals surface area contributed by atoms with Crippen LogP contribution in [0.3, 0.4) is 0 Å². The molecule has 1 aromatic heterocycles. The molecule has 0 aliphatic carbocycles. The molecule has 1 unspecified atom stereocenters. The smallest absolute Gasteiger partial charge is 0.321 e. The first kappa shape index (κ1) is 14.7. The second-order valence-electron chi connectivity index (χ2n) is 3.01. The standard InChI is InChI=1S/C6H8N2O6P2S/c9-15(10,11)6(16(12,13)14)4(17)5-7-2-1-3-8-5/h1-3,6,9-11H,(H-,12,13,14)/p+1. The molecule has 94 valence electrons. The SMILES string of the molecule is O=P(O)(O)C(C(=S)c1ncccn1)[P+](O)(O)O. The number of hydrogen-bond donors (Lipinski definition) is 5. The molecule has 0 spiro atoms. The highest BCUT2D eigenvalue weighted by Crippen LogP contribution is 2.65. The van der Waals surface area contributed by atoms with Crippen molar-refractivity contribution in [3.05, 3.63) is 24.3 Å². The summed E-state index contributed by atoms with van der Waals surface area (Å²) in [7, 11) is -9.89. The minimum absolute atomic E-state index is 0.252. The molecule has 0 amide bonds. The summed E-state index contributed by atoms with van der Waals surface area (Å²) in [4.78, 5) is 51.6. The summed E-state index contributed by atoms with van der Waals surface area (Å²) in [5.41, 5.74) is 0.